The lowest BCUT2D eigenvalue weighted by atomic mass is 10.1. The van der Waals surface area contributed by atoms with E-state index in [4.69, 9.17) is 9.84 Å². The summed E-state index contributed by atoms with van der Waals surface area (Å²) in [6.07, 6.45) is 2.78. The van der Waals surface area contributed by atoms with Crippen LogP contribution in [0.4, 0.5) is 0 Å². The Labute approximate surface area is 93.2 Å². The van der Waals surface area contributed by atoms with Gasteiger partial charge in [0.25, 0.3) is 5.91 Å². The molecule has 0 bridgehead atoms. The number of carbonyl (C=O) groups is 1. The van der Waals surface area contributed by atoms with E-state index in [1.165, 1.54) is 6.20 Å². The summed E-state index contributed by atoms with van der Waals surface area (Å²) >= 11 is 0. The summed E-state index contributed by atoms with van der Waals surface area (Å²) in [5.74, 6) is -0.0806. The zero-order chi connectivity index (χ0) is 11.5. The first-order valence-corrected chi connectivity index (χ1v) is 5.24. The molecule has 0 spiro atoms. The second-order valence-corrected chi connectivity index (χ2v) is 3.93. The zero-order valence-corrected chi connectivity index (χ0v) is 9.09. The predicted octanol–water partition coefficient (Wildman–Crippen LogP) is -0.369. The molecule has 6 nitrogen and oxygen atoms in total. The molecule has 2 N–H and O–H groups in total. The molecular weight excluding hydrogens is 210 g/mol. The lowest BCUT2D eigenvalue weighted by Gasteiger charge is -2.37. The highest BCUT2D eigenvalue weighted by atomic mass is 16.5. The van der Waals surface area contributed by atoms with Gasteiger partial charge in [-0.2, -0.15) is 5.10 Å². The standard InChI is InChI=1S/C10H15N3O3/c1-7-6-16-9(5-14)4-13(7)10(15)8-2-11-12-3-8/h2-3,7,9,14H,4-6H2,1H3,(H,11,12). The Kier molecular flexibility index (Phi) is 3.21. The van der Waals surface area contributed by atoms with Gasteiger partial charge in [0.1, 0.15) is 0 Å². The van der Waals surface area contributed by atoms with Crippen molar-refractivity contribution in [3.05, 3.63) is 18.0 Å². The van der Waals surface area contributed by atoms with E-state index < -0.39 is 0 Å². The Morgan fingerprint density at radius 3 is 3.25 bits per heavy atom. The summed E-state index contributed by atoms with van der Waals surface area (Å²) in [6, 6.07) is 0.0187. The van der Waals surface area contributed by atoms with Gasteiger partial charge >= 0.3 is 0 Å². The molecule has 6 heteroatoms. The molecule has 2 rings (SSSR count). The Balaban J connectivity index is 2.09. The molecule has 1 aromatic rings. The maximum absolute atomic E-state index is 12.1. The number of H-pyrrole nitrogens is 1. The maximum atomic E-state index is 12.1. The third-order valence-electron chi connectivity index (χ3n) is 2.72. The molecule has 1 amide bonds. The molecule has 0 saturated carbocycles. The Hall–Kier alpha value is -1.40. The molecule has 2 heterocycles. The SMILES string of the molecule is CC1COC(CO)CN1C(=O)c1cn[nH]c1. The third kappa shape index (κ3) is 2.07. The summed E-state index contributed by atoms with van der Waals surface area (Å²) in [5.41, 5.74) is 0.533. The molecule has 1 aromatic heterocycles. The van der Waals surface area contributed by atoms with E-state index in [9.17, 15) is 4.79 Å². The van der Waals surface area contributed by atoms with Crippen LogP contribution in [0, 0.1) is 0 Å². The van der Waals surface area contributed by atoms with Crippen molar-refractivity contribution in [2.75, 3.05) is 19.8 Å². The number of aliphatic hydroxyl groups excluding tert-OH is 1. The lowest BCUT2D eigenvalue weighted by Crippen LogP contribution is -2.51. The van der Waals surface area contributed by atoms with E-state index in [2.05, 4.69) is 10.2 Å². The van der Waals surface area contributed by atoms with Gasteiger partial charge in [-0.15, -0.1) is 0 Å². The fourth-order valence-electron chi connectivity index (χ4n) is 1.74. The summed E-state index contributed by atoms with van der Waals surface area (Å²) in [6.45, 7) is 2.73. The van der Waals surface area contributed by atoms with Crippen LogP contribution in [0.15, 0.2) is 12.4 Å². The average molecular weight is 225 g/mol. The minimum atomic E-state index is -0.285. The molecule has 16 heavy (non-hydrogen) atoms. The lowest BCUT2D eigenvalue weighted by molar-refractivity contribution is -0.0667. The van der Waals surface area contributed by atoms with Gasteiger partial charge in [0.05, 0.1) is 37.1 Å². The monoisotopic (exact) mass is 225 g/mol. The van der Waals surface area contributed by atoms with Crippen LogP contribution in [-0.4, -0.2) is 58.0 Å². The zero-order valence-electron chi connectivity index (χ0n) is 9.09. The number of aromatic nitrogens is 2. The molecule has 0 aromatic carbocycles. The number of carbonyl (C=O) groups excluding carboxylic acids is 1. The van der Waals surface area contributed by atoms with Gasteiger partial charge in [0.2, 0.25) is 0 Å². The van der Waals surface area contributed by atoms with Crippen molar-refractivity contribution in [2.45, 2.75) is 19.1 Å². The summed E-state index contributed by atoms with van der Waals surface area (Å²) < 4.78 is 5.37. The molecule has 2 atom stereocenters. The Bertz CT molecular complexity index is 352. The smallest absolute Gasteiger partial charge is 0.257 e. The molecule has 88 valence electrons. The first-order chi connectivity index (χ1) is 7.72. The fraction of sp³-hybridized carbons (Fsp3) is 0.600. The van der Waals surface area contributed by atoms with Gasteiger partial charge in [-0.25, -0.2) is 0 Å². The van der Waals surface area contributed by atoms with Crippen molar-refractivity contribution in [3.8, 4) is 0 Å². The molecule has 1 aliphatic rings. The van der Waals surface area contributed by atoms with Gasteiger partial charge in [-0.3, -0.25) is 9.89 Å². The summed E-state index contributed by atoms with van der Waals surface area (Å²) in [5, 5.41) is 15.4. The van der Waals surface area contributed by atoms with Crippen LogP contribution in [0.2, 0.25) is 0 Å². The number of nitrogens with one attached hydrogen (secondary N) is 1. The van der Waals surface area contributed by atoms with Crippen LogP contribution in [0.3, 0.4) is 0 Å². The third-order valence-corrected chi connectivity index (χ3v) is 2.72. The van der Waals surface area contributed by atoms with Crippen molar-refractivity contribution < 1.29 is 14.6 Å². The number of aromatic amines is 1. The number of nitrogens with zero attached hydrogens (tertiary/aromatic N) is 2. The van der Waals surface area contributed by atoms with E-state index in [1.807, 2.05) is 6.92 Å². The first-order valence-electron chi connectivity index (χ1n) is 5.24. The van der Waals surface area contributed by atoms with E-state index in [1.54, 1.807) is 11.1 Å². The van der Waals surface area contributed by atoms with Gasteiger partial charge in [0.15, 0.2) is 0 Å². The van der Waals surface area contributed by atoms with Crippen molar-refractivity contribution in [2.24, 2.45) is 0 Å². The number of amides is 1. The van der Waals surface area contributed by atoms with Crippen LogP contribution in [0.25, 0.3) is 0 Å². The molecule has 1 saturated heterocycles. The molecule has 1 fully saturated rings. The highest BCUT2D eigenvalue weighted by Crippen LogP contribution is 2.14. The van der Waals surface area contributed by atoms with Crippen molar-refractivity contribution in [1.82, 2.24) is 15.1 Å². The van der Waals surface area contributed by atoms with E-state index in [0.29, 0.717) is 18.7 Å². The van der Waals surface area contributed by atoms with E-state index >= 15 is 0 Å². The molecule has 2 unspecified atom stereocenters. The Morgan fingerprint density at radius 2 is 2.62 bits per heavy atom. The van der Waals surface area contributed by atoms with Crippen molar-refractivity contribution in [3.63, 3.8) is 0 Å². The highest BCUT2D eigenvalue weighted by Gasteiger charge is 2.30. The van der Waals surface area contributed by atoms with E-state index in [-0.39, 0.29) is 24.7 Å². The molecular formula is C10H15N3O3. The van der Waals surface area contributed by atoms with Gasteiger partial charge < -0.3 is 14.7 Å². The number of aliphatic hydroxyl groups is 1. The van der Waals surface area contributed by atoms with Crippen LogP contribution in [-0.2, 0) is 4.74 Å². The van der Waals surface area contributed by atoms with E-state index in [0.717, 1.165) is 0 Å². The highest BCUT2D eigenvalue weighted by molar-refractivity contribution is 5.94. The minimum absolute atomic E-state index is 0.0187. The fourth-order valence-corrected chi connectivity index (χ4v) is 1.74. The second kappa shape index (κ2) is 4.63. The largest absolute Gasteiger partial charge is 0.394 e. The van der Waals surface area contributed by atoms with Gasteiger partial charge in [-0.05, 0) is 6.92 Å². The number of rotatable bonds is 2. The predicted molar refractivity (Wildman–Crippen MR) is 55.9 cm³/mol. The average Bonchev–Trinajstić information content (AvgIpc) is 2.82. The second-order valence-electron chi connectivity index (χ2n) is 3.93. The van der Waals surface area contributed by atoms with Crippen molar-refractivity contribution >= 4 is 5.91 Å². The first kappa shape index (κ1) is 11.1. The van der Waals surface area contributed by atoms with Crippen LogP contribution in [0.5, 0.6) is 0 Å². The summed E-state index contributed by atoms with van der Waals surface area (Å²) in [4.78, 5) is 13.8. The normalized spacial score (nSPS) is 25.8. The number of morpholine rings is 1. The van der Waals surface area contributed by atoms with Crippen LogP contribution in [0.1, 0.15) is 17.3 Å². The number of ether oxygens (including phenoxy) is 1. The number of hydrogen-bond acceptors (Lipinski definition) is 4. The van der Waals surface area contributed by atoms with Crippen LogP contribution < -0.4 is 0 Å². The van der Waals surface area contributed by atoms with Gasteiger partial charge in [0, 0.05) is 12.7 Å². The molecule has 1 aliphatic heterocycles. The minimum Gasteiger partial charge on any atom is -0.394 e. The summed E-state index contributed by atoms with van der Waals surface area (Å²) in [7, 11) is 0. The number of hydrogen-bond donors (Lipinski definition) is 2. The topological polar surface area (TPSA) is 78.5 Å². The molecule has 0 aliphatic carbocycles. The van der Waals surface area contributed by atoms with Gasteiger partial charge in [-0.1, -0.05) is 0 Å². The van der Waals surface area contributed by atoms with Crippen molar-refractivity contribution in [1.29, 1.82) is 0 Å². The van der Waals surface area contributed by atoms with Crippen LogP contribution >= 0.6 is 0 Å². The Morgan fingerprint density at radius 1 is 1.81 bits per heavy atom. The maximum Gasteiger partial charge on any atom is 0.257 e. The molecule has 0 radical (unpaired) electrons. The quantitative estimate of drug-likeness (QED) is 0.720.